The summed E-state index contributed by atoms with van der Waals surface area (Å²) in [7, 11) is 0. The summed E-state index contributed by atoms with van der Waals surface area (Å²) in [5, 5.41) is 3.22. The number of nitrogens with zero attached hydrogens (tertiary/aromatic N) is 1. The number of ether oxygens (including phenoxy) is 1. The average Bonchev–Trinajstić information content (AvgIpc) is 2.18. The van der Waals surface area contributed by atoms with Gasteiger partial charge in [-0.1, -0.05) is 12.1 Å². The van der Waals surface area contributed by atoms with E-state index in [2.05, 4.69) is 5.11 Å². The van der Waals surface area contributed by atoms with Gasteiger partial charge in [-0.15, -0.1) is 0 Å². The van der Waals surface area contributed by atoms with Crippen LogP contribution in [-0.4, -0.2) is 12.6 Å². The molecule has 0 aliphatic heterocycles. The minimum Gasteiger partial charge on any atom is -0.462 e. The van der Waals surface area contributed by atoms with Crippen molar-refractivity contribution in [2.75, 3.05) is 6.61 Å². The molecule has 68 valence electrons. The molecule has 1 aromatic carbocycles. The fourth-order valence-corrected chi connectivity index (χ4v) is 0.953. The third kappa shape index (κ3) is 2.11. The highest BCUT2D eigenvalue weighted by Gasteiger charge is 2.10. The molecule has 0 atom stereocenters. The quantitative estimate of drug-likeness (QED) is 0.571. The summed E-state index contributed by atoms with van der Waals surface area (Å²) in [6, 6.07) is 6.61. The van der Waals surface area contributed by atoms with Crippen molar-refractivity contribution in [2.45, 2.75) is 6.92 Å². The molecule has 4 heteroatoms. The van der Waals surface area contributed by atoms with Crippen LogP contribution in [0.25, 0.3) is 0 Å². The van der Waals surface area contributed by atoms with Crippen LogP contribution in [0.3, 0.4) is 0 Å². The van der Waals surface area contributed by atoms with Crippen molar-refractivity contribution in [3.8, 4) is 0 Å². The summed E-state index contributed by atoms with van der Waals surface area (Å²) in [6.45, 7) is 2.06. The maximum absolute atomic E-state index is 11.3. The Morgan fingerprint density at radius 3 is 2.85 bits per heavy atom. The lowest BCUT2D eigenvalue weighted by atomic mass is 10.2. The van der Waals surface area contributed by atoms with Crippen LogP contribution in [0, 0.1) is 5.53 Å². The fraction of sp³-hybridized carbons (Fsp3) is 0.222. The van der Waals surface area contributed by atoms with Crippen molar-refractivity contribution >= 4 is 11.7 Å². The number of esters is 1. The number of hydrogen-bond donors (Lipinski definition) is 1. The maximum atomic E-state index is 11.3. The molecule has 0 unspecified atom stereocenters. The van der Waals surface area contributed by atoms with E-state index in [-0.39, 0.29) is 0 Å². The molecular formula is C9H10N2O2. The molecule has 4 nitrogen and oxygen atoms in total. The van der Waals surface area contributed by atoms with Crippen molar-refractivity contribution in [3.63, 3.8) is 0 Å². The second-order valence-corrected chi connectivity index (χ2v) is 2.35. The molecule has 1 N–H and O–H groups in total. The molecule has 1 rings (SSSR count). The zero-order valence-electron chi connectivity index (χ0n) is 7.28. The highest BCUT2D eigenvalue weighted by Crippen LogP contribution is 2.18. The standard InChI is InChI=1S/C9H10N2O2/c1-2-13-9(12)7-5-3-4-6-8(7)11-10/h3-6,10H,2H2,1H3. The monoisotopic (exact) mass is 178 g/mol. The molecule has 0 bridgehead atoms. The zero-order chi connectivity index (χ0) is 9.68. The Bertz CT molecular complexity index is 323. The molecule has 13 heavy (non-hydrogen) atoms. The van der Waals surface area contributed by atoms with Gasteiger partial charge < -0.3 is 4.74 Å². The zero-order valence-corrected chi connectivity index (χ0v) is 7.28. The number of rotatable bonds is 3. The third-order valence-corrected chi connectivity index (χ3v) is 1.52. The molecule has 0 aliphatic rings. The van der Waals surface area contributed by atoms with Gasteiger partial charge in [0.25, 0.3) is 0 Å². The lowest BCUT2D eigenvalue weighted by Crippen LogP contribution is -2.04. The van der Waals surface area contributed by atoms with Crippen LogP contribution in [-0.2, 0) is 4.74 Å². The van der Waals surface area contributed by atoms with Gasteiger partial charge in [-0.05, 0) is 19.1 Å². The summed E-state index contributed by atoms with van der Waals surface area (Å²) < 4.78 is 4.79. The minimum absolute atomic E-state index is 0.325. The highest BCUT2D eigenvalue weighted by molar-refractivity contribution is 5.94. The second-order valence-electron chi connectivity index (χ2n) is 2.35. The van der Waals surface area contributed by atoms with Crippen molar-refractivity contribution < 1.29 is 9.53 Å². The molecule has 0 aromatic heterocycles. The van der Waals surface area contributed by atoms with Gasteiger partial charge in [0.2, 0.25) is 0 Å². The number of carbonyl (C=O) groups is 1. The van der Waals surface area contributed by atoms with Crippen LogP contribution in [0.15, 0.2) is 29.4 Å². The Kier molecular flexibility index (Phi) is 3.14. The Labute approximate surface area is 76.0 Å². The predicted octanol–water partition coefficient (Wildman–Crippen LogP) is 2.53. The van der Waals surface area contributed by atoms with E-state index in [1.54, 1.807) is 31.2 Å². The van der Waals surface area contributed by atoms with Gasteiger partial charge in [-0.3, -0.25) is 0 Å². The minimum atomic E-state index is -0.436. The summed E-state index contributed by atoms with van der Waals surface area (Å²) in [5.41, 5.74) is 7.49. The highest BCUT2D eigenvalue weighted by atomic mass is 16.5. The van der Waals surface area contributed by atoms with Crippen LogP contribution >= 0.6 is 0 Å². The van der Waals surface area contributed by atoms with Gasteiger partial charge in [-0.2, -0.15) is 5.11 Å². The molecule has 0 radical (unpaired) electrons. The van der Waals surface area contributed by atoms with E-state index in [1.165, 1.54) is 0 Å². The third-order valence-electron chi connectivity index (χ3n) is 1.52. The molecule has 0 fully saturated rings. The Balaban J connectivity index is 2.98. The molecule has 0 saturated heterocycles. The van der Waals surface area contributed by atoms with Crippen molar-refractivity contribution in [1.82, 2.24) is 0 Å². The van der Waals surface area contributed by atoms with E-state index in [9.17, 15) is 4.79 Å². The van der Waals surface area contributed by atoms with E-state index < -0.39 is 5.97 Å². The summed E-state index contributed by atoms with van der Waals surface area (Å²) in [4.78, 5) is 11.3. The van der Waals surface area contributed by atoms with Crippen LogP contribution < -0.4 is 0 Å². The Morgan fingerprint density at radius 2 is 2.23 bits per heavy atom. The van der Waals surface area contributed by atoms with Crippen LogP contribution in [0.4, 0.5) is 5.69 Å². The van der Waals surface area contributed by atoms with Gasteiger partial charge in [0, 0.05) is 0 Å². The van der Waals surface area contributed by atoms with E-state index in [1.807, 2.05) is 0 Å². The summed E-state index contributed by atoms with van der Waals surface area (Å²) in [5.74, 6) is -0.436. The predicted molar refractivity (Wildman–Crippen MR) is 47.2 cm³/mol. The number of hydrogen-bond acceptors (Lipinski definition) is 4. The molecule has 0 amide bonds. The van der Waals surface area contributed by atoms with E-state index in [0.29, 0.717) is 17.9 Å². The topological polar surface area (TPSA) is 62.5 Å². The Morgan fingerprint density at radius 1 is 1.54 bits per heavy atom. The smallest absolute Gasteiger partial charge is 0.340 e. The number of nitrogens with one attached hydrogen (secondary N) is 1. The summed E-state index contributed by atoms with van der Waals surface area (Å²) >= 11 is 0. The SMILES string of the molecule is CCOC(=O)c1ccccc1N=N. The fourth-order valence-electron chi connectivity index (χ4n) is 0.953. The molecule has 0 heterocycles. The van der Waals surface area contributed by atoms with Gasteiger partial charge in [0.15, 0.2) is 0 Å². The van der Waals surface area contributed by atoms with E-state index in [4.69, 9.17) is 10.3 Å². The van der Waals surface area contributed by atoms with Gasteiger partial charge in [-0.25, -0.2) is 10.3 Å². The molecule has 0 spiro atoms. The van der Waals surface area contributed by atoms with Crippen LogP contribution in [0.5, 0.6) is 0 Å². The molecule has 1 aromatic rings. The first-order chi connectivity index (χ1) is 6.29. The number of carbonyl (C=O) groups excluding carboxylic acids is 1. The van der Waals surface area contributed by atoms with Crippen LogP contribution in [0.2, 0.25) is 0 Å². The first-order valence-electron chi connectivity index (χ1n) is 3.93. The molecule has 0 aliphatic carbocycles. The van der Waals surface area contributed by atoms with Crippen molar-refractivity contribution in [2.24, 2.45) is 5.11 Å². The normalized spacial score (nSPS) is 9.31. The van der Waals surface area contributed by atoms with E-state index in [0.717, 1.165) is 0 Å². The lowest BCUT2D eigenvalue weighted by molar-refractivity contribution is 0.0527. The maximum Gasteiger partial charge on any atom is 0.340 e. The lowest BCUT2D eigenvalue weighted by Gasteiger charge is -2.02. The van der Waals surface area contributed by atoms with E-state index >= 15 is 0 Å². The first-order valence-corrected chi connectivity index (χ1v) is 3.93. The van der Waals surface area contributed by atoms with Gasteiger partial charge in [0.1, 0.15) is 0 Å². The second kappa shape index (κ2) is 4.35. The van der Waals surface area contributed by atoms with Crippen molar-refractivity contribution in [1.29, 1.82) is 5.53 Å². The molecular weight excluding hydrogens is 168 g/mol. The molecule has 0 saturated carbocycles. The van der Waals surface area contributed by atoms with Gasteiger partial charge >= 0.3 is 5.97 Å². The Hall–Kier alpha value is -1.71. The number of para-hydroxylation sites is 1. The summed E-state index contributed by atoms with van der Waals surface area (Å²) in [6.07, 6.45) is 0. The van der Waals surface area contributed by atoms with Gasteiger partial charge in [0.05, 0.1) is 17.9 Å². The first kappa shape index (κ1) is 9.38. The number of benzene rings is 1. The van der Waals surface area contributed by atoms with Crippen LogP contribution in [0.1, 0.15) is 17.3 Å². The van der Waals surface area contributed by atoms with Crippen molar-refractivity contribution in [3.05, 3.63) is 29.8 Å². The average molecular weight is 178 g/mol. The largest absolute Gasteiger partial charge is 0.462 e.